The van der Waals surface area contributed by atoms with Crippen LogP contribution in [0.15, 0.2) is 146 Å². The average molecular weight is 521 g/mol. The van der Waals surface area contributed by atoms with Crippen LogP contribution in [0.1, 0.15) is 40.7 Å². The summed E-state index contributed by atoms with van der Waals surface area (Å²) in [4.78, 5) is 0. The average Bonchev–Trinajstić information content (AvgIpc) is 3.00. The van der Waals surface area contributed by atoms with Crippen molar-refractivity contribution in [1.82, 2.24) is 0 Å². The molecule has 1 aliphatic rings. The molecule has 0 bridgehead atoms. The van der Waals surface area contributed by atoms with Crippen LogP contribution in [-0.4, -0.2) is 0 Å². The lowest BCUT2D eigenvalue weighted by atomic mass is 9.93. The Morgan fingerprint density at radius 3 is 1.62 bits per heavy atom. The minimum atomic E-state index is 1.18. The first kappa shape index (κ1) is 28.6. The van der Waals surface area contributed by atoms with Crippen LogP contribution in [-0.2, 0) is 0 Å². The Bertz CT molecular complexity index is 1540. The molecule has 0 atom stereocenters. The van der Waals surface area contributed by atoms with E-state index in [4.69, 9.17) is 0 Å². The Morgan fingerprint density at radius 2 is 1.02 bits per heavy atom. The van der Waals surface area contributed by atoms with E-state index in [9.17, 15) is 0 Å². The van der Waals surface area contributed by atoms with E-state index >= 15 is 0 Å². The largest absolute Gasteiger partial charge is 0.0842 e. The van der Waals surface area contributed by atoms with Crippen molar-refractivity contribution in [3.8, 4) is 22.3 Å². The lowest BCUT2D eigenvalue weighted by Gasteiger charge is -2.12. The van der Waals surface area contributed by atoms with Gasteiger partial charge in [0.2, 0.25) is 0 Å². The van der Waals surface area contributed by atoms with Gasteiger partial charge in [-0.2, -0.15) is 0 Å². The Hall–Kier alpha value is -4.42. The molecule has 6 rings (SSSR count). The molecule has 200 valence electrons. The highest BCUT2D eigenvalue weighted by molar-refractivity contribution is 5.77. The Morgan fingerprint density at radius 1 is 0.450 bits per heavy atom. The highest BCUT2D eigenvalue weighted by Gasteiger charge is 2.07. The van der Waals surface area contributed by atoms with Crippen LogP contribution >= 0.6 is 0 Å². The van der Waals surface area contributed by atoms with Gasteiger partial charge < -0.3 is 0 Å². The van der Waals surface area contributed by atoms with Gasteiger partial charge in [-0.25, -0.2) is 0 Å². The van der Waals surface area contributed by atoms with Gasteiger partial charge in [-0.1, -0.05) is 151 Å². The van der Waals surface area contributed by atoms with Crippen LogP contribution in [0.3, 0.4) is 0 Å². The molecule has 5 aromatic rings. The van der Waals surface area contributed by atoms with Crippen LogP contribution in [0.2, 0.25) is 0 Å². The van der Waals surface area contributed by atoms with Crippen molar-refractivity contribution >= 4 is 5.57 Å². The zero-order valence-electron chi connectivity index (χ0n) is 24.3. The van der Waals surface area contributed by atoms with Crippen molar-refractivity contribution in [3.63, 3.8) is 0 Å². The lowest BCUT2D eigenvalue weighted by Crippen LogP contribution is -1.88. The van der Waals surface area contributed by atoms with E-state index in [-0.39, 0.29) is 0 Å². The van der Waals surface area contributed by atoms with Crippen LogP contribution in [0.5, 0.6) is 0 Å². The number of benzene rings is 5. The third-order valence-corrected chi connectivity index (χ3v) is 7.16. The summed E-state index contributed by atoms with van der Waals surface area (Å²) in [5.74, 6) is 0. The summed E-state index contributed by atoms with van der Waals surface area (Å²) >= 11 is 0. The van der Waals surface area contributed by atoms with Crippen LogP contribution in [0.4, 0.5) is 0 Å². The number of rotatable bonds is 3. The third kappa shape index (κ3) is 8.29. The van der Waals surface area contributed by atoms with Crippen molar-refractivity contribution in [2.75, 3.05) is 0 Å². The van der Waals surface area contributed by atoms with E-state index in [1.807, 2.05) is 18.2 Å². The minimum Gasteiger partial charge on any atom is -0.0842 e. The van der Waals surface area contributed by atoms with E-state index in [0.29, 0.717) is 0 Å². The minimum absolute atomic E-state index is 1.18. The summed E-state index contributed by atoms with van der Waals surface area (Å²) in [6, 6.07) is 44.9. The van der Waals surface area contributed by atoms with Gasteiger partial charge in [-0.15, -0.1) is 0 Å². The third-order valence-electron chi connectivity index (χ3n) is 7.16. The van der Waals surface area contributed by atoms with Crippen molar-refractivity contribution in [2.45, 2.75) is 40.5 Å². The van der Waals surface area contributed by atoms with Gasteiger partial charge in [-0.3, -0.25) is 0 Å². The summed E-state index contributed by atoms with van der Waals surface area (Å²) in [6.07, 6.45) is 8.93. The first-order valence-electron chi connectivity index (χ1n) is 14.2. The summed E-state index contributed by atoms with van der Waals surface area (Å²) in [5, 5.41) is 0. The van der Waals surface area contributed by atoms with Gasteiger partial charge in [0.1, 0.15) is 0 Å². The summed E-state index contributed by atoms with van der Waals surface area (Å²) in [7, 11) is 0. The van der Waals surface area contributed by atoms with Crippen molar-refractivity contribution in [3.05, 3.63) is 173 Å². The maximum Gasteiger partial charge on any atom is -0.0146 e. The first-order chi connectivity index (χ1) is 19.5. The van der Waals surface area contributed by atoms with Gasteiger partial charge in [-0.05, 0) is 91.1 Å². The zero-order valence-corrected chi connectivity index (χ0v) is 24.3. The molecule has 0 fully saturated rings. The zero-order chi connectivity index (χ0) is 28.2. The predicted octanol–water partition coefficient (Wildman–Crippen LogP) is 11.4. The molecule has 0 saturated heterocycles. The second-order valence-corrected chi connectivity index (χ2v) is 10.4. The van der Waals surface area contributed by atoms with Gasteiger partial charge >= 0.3 is 0 Å². The fourth-order valence-electron chi connectivity index (χ4n) is 4.74. The second kappa shape index (κ2) is 14.7. The molecule has 0 heteroatoms. The Kier molecular flexibility index (Phi) is 10.5. The number of hydrogen-bond acceptors (Lipinski definition) is 0. The molecule has 0 aromatic heterocycles. The van der Waals surface area contributed by atoms with E-state index in [2.05, 4.69) is 155 Å². The molecule has 0 spiro atoms. The Balaban J connectivity index is 0.000000162. The molecule has 0 heterocycles. The summed E-state index contributed by atoms with van der Waals surface area (Å²) in [6.45, 7) is 8.56. The second-order valence-electron chi connectivity index (χ2n) is 10.4. The maximum absolute atomic E-state index is 2.31. The molecule has 0 radical (unpaired) electrons. The van der Waals surface area contributed by atoms with Crippen molar-refractivity contribution < 1.29 is 0 Å². The van der Waals surface area contributed by atoms with Gasteiger partial charge in [0.25, 0.3) is 0 Å². The van der Waals surface area contributed by atoms with Crippen molar-refractivity contribution in [1.29, 1.82) is 0 Å². The van der Waals surface area contributed by atoms with E-state index < -0.39 is 0 Å². The smallest absolute Gasteiger partial charge is 0.0146 e. The van der Waals surface area contributed by atoms with Crippen LogP contribution in [0.25, 0.3) is 27.8 Å². The molecule has 0 saturated carbocycles. The standard InChI is InChI=1S/C21H20.C12H12.C7H8/c1-15-8-11-18(12-9-15)19-13-10-17(3)21(14-19)20-7-5-4-6-16(20)2;1-3-7-11(8-4-1)12-9-5-2-6-10-12;1-7-5-3-2-4-6-7/h4-14H,1-3H3;1-5,7-9H,6,10H2;2-6H,1H3. The topological polar surface area (TPSA) is 0 Å². The van der Waals surface area contributed by atoms with Crippen LogP contribution in [0, 0.1) is 27.7 Å². The quantitative estimate of drug-likeness (QED) is 0.222. The fourth-order valence-corrected chi connectivity index (χ4v) is 4.74. The molecular weight excluding hydrogens is 480 g/mol. The molecule has 0 N–H and O–H groups in total. The van der Waals surface area contributed by atoms with Gasteiger partial charge in [0, 0.05) is 0 Å². The molecule has 0 nitrogen and oxygen atoms in total. The van der Waals surface area contributed by atoms with Gasteiger partial charge in [0.15, 0.2) is 0 Å². The first-order valence-corrected chi connectivity index (χ1v) is 14.2. The fraction of sp³-hybridized carbons (Fsp3) is 0.150. The normalized spacial score (nSPS) is 11.8. The predicted molar refractivity (Wildman–Crippen MR) is 175 cm³/mol. The van der Waals surface area contributed by atoms with E-state index in [0.717, 1.165) is 0 Å². The molecular formula is C40H40. The lowest BCUT2D eigenvalue weighted by molar-refractivity contribution is 1.05. The van der Waals surface area contributed by atoms with Crippen LogP contribution < -0.4 is 0 Å². The molecule has 0 amide bonds. The summed E-state index contributed by atoms with van der Waals surface area (Å²) in [5.41, 5.74) is 13.3. The molecule has 5 aromatic carbocycles. The molecule has 40 heavy (non-hydrogen) atoms. The highest BCUT2D eigenvalue weighted by Crippen LogP contribution is 2.31. The maximum atomic E-state index is 2.31. The monoisotopic (exact) mass is 520 g/mol. The SMILES string of the molecule is C1=CCCC(c2ccccc2)=C1.Cc1ccc(-c2ccc(C)c(-c3ccccc3C)c2)cc1.Cc1ccccc1. The molecule has 1 aliphatic carbocycles. The number of allylic oxidation sites excluding steroid dienone is 4. The Labute approximate surface area is 241 Å². The van der Waals surface area contributed by atoms with Crippen molar-refractivity contribution in [2.24, 2.45) is 0 Å². The summed E-state index contributed by atoms with van der Waals surface area (Å²) < 4.78 is 0. The van der Waals surface area contributed by atoms with Gasteiger partial charge in [0.05, 0.1) is 0 Å². The van der Waals surface area contributed by atoms with E-state index in [1.165, 1.54) is 68.5 Å². The highest BCUT2D eigenvalue weighted by atomic mass is 14.1. The molecule has 0 unspecified atom stereocenters. The number of hydrogen-bond donors (Lipinski definition) is 0. The molecule has 0 aliphatic heterocycles. The number of aryl methyl sites for hydroxylation is 4. The van der Waals surface area contributed by atoms with E-state index in [1.54, 1.807) is 0 Å².